The van der Waals surface area contributed by atoms with Crippen LogP contribution in [0.3, 0.4) is 0 Å². The molecule has 0 saturated heterocycles. The zero-order valence-corrected chi connectivity index (χ0v) is 13.6. The van der Waals surface area contributed by atoms with Gasteiger partial charge < -0.3 is 14.8 Å². The summed E-state index contributed by atoms with van der Waals surface area (Å²) < 4.78 is 12.6. The molecular weight excluding hydrogens is 278 g/mol. The van der Waals surface area contributed by atoms with E-state index in [2.05, 4.69) is 29.6 Å². The van der Waals surface area contributed by atoms with Crippen molar-refractivity contribution in [1.82, 2.24) is 15.1 Å². The largest absolute Gasteiger partial charge is 0.493 e. The molecule has 0 aliphatic rings. The van der Waals surface area contributed by atoms with Crippen LogP contribution in [-0.2, 0) is 19.5 Å². The Morgan fingerprint density at radius 2 is 1.95 bits per heavy atom. The summed E-state index contributed by atoms with van der Waals surface area (Å²) >= 11 is 0. The highest BCUT2D eigenvalue weighted by Crippen LogP contribution is 2.27. The van der Waals surface area contributed by atoms with E-state index in [1.807, 2.05) is 23.0 Å². The van der Waals surface area contributed by atoms with Crippen LogP contribution in [0, 0.1) is 0 Å². The predicted molar refractivity (Wildman–Crippen MR) is 87.5 cm³/mol. The number of benzene rings is 1. The van der Waals surface area contributed by atoms with Crippen molar-refractivity contribution >= 4 is 0 Å². The van der Waals surface area contributed by atoms with Gasteiger partial charge >= 0.3 is 0 Å². The SMILES string of the molecule is CCCn1cc(CNCCc2ccc(OC)c(OC)c2)cn1. The van der Waals surface area contributed by atoms with Crippen molar-refractivity contribution in [2.75, 3.05) is 20.8 Å². The van der Waals surface area contributed by atoms with Gasteiger partial charge in [-0.15, -0.1) is 0 Å². The lowest BCUT2D eigenvalue weighted by molar-refractivity contribution is 0.354. The Balaban J connectivity index is 1.78. The van der Waals surface area contributed by atoms with Crippen LogP contribution in [0.2, 0.25) is 0 Å². The molecule has 0 saturated carbocycles. The number of rotatable bonds is 9. The molecule has 5 nitrogen and oxygen atoms in total. The van der Waals surface area contributed by atoms with Crippen molar-refractivity contribution in [2.24, 2.45) is 0 Å². The number of aromatic nitrogens is 2. The Hall–Kier alpha value is -2.01. The fraction of sp³-hybridized carbons (Fsp3) is 0.471. The molecule has 120 valence electrons. The van der Waals surface area contributed by atoms with Crippen LogP contribution in [0.25, 0.3) is 0 Å². The summed E-state index contributed by atoms with van der Waals surface area (Å²) in [7, 11) is 3.31. The molecule has 5 heteroatoms. The first kappa shape index (κ1) is 16.4. The summed E-state index contributed by atoms with van der Waals surface area (Å²) in [5.74, 6) is 1.54. The number of hydrogen-bond acceptors (Lipinski definition) is 4. The highest BCUT2D eigenvalue weighted by Gasteiger charge is 2.04. The molecule has 1 heterocycles. The van der Waals surface area contributed by atoms with E-state index in [9.17, 15) is 0 Å². The van der Waals surface area contributed by atoms with Crippen molar-refractivity contribution in [3.8, 4) is 11.5 Å². The van der Waals surface area contributed by atoms with Crippen molar-refractivity contribution in [1.29, 1.82) is 0 Å². The molecule has 2 rings (SSSR count). The van der Waals surface area contributed by atoms with Gasteiger partial charge in [0.15, 0.2) is 11.5 Å². The van der Waals surface area contributed by atoms with Gasteiger partial charge in [-0.25, -0.2) is 0 Å². The second-order valence-electron chi connectivity index (χ2n) is 5.23. The summed E-state index contributed by atoms with van der Waals surface area (Å²) in [6, 6.07) is 6.05. The first-order chi connectivity index (χ1) is 10.8. The van der Waals surface area contributed by atoms with E-state index in [4.69, 9.17) is 9.47 Å². The third kappa shape index (κ3) is 4.49. The average molecular weight is 303 g/mol. The van der Waals surface area contributed by atoms with E-state index in [0.717, 1.165) is 44.0 Å². The van der Waals surface area contributed by atoms with Gasteiger partial charge in [0.2, 0.25) is 0 Å². The summed E-state index contributed by atoms with van der Waals surface area (Å²) in [5, 5.41) is 7.78. The van der Waals surface area contributed by atoms with E-state index in [1.165, 1.54) is 11.1 Å². The fourth-order valence-electron chi connectivity index (χ4n) is 2.35. The van der Waals surface area contributed by atoms with Crippen molar-refractivity contribution in [2.45, 2.75) is 32.9 Å². The Morgan fingerprint density at radius 1 is 1.14 bits per heavy atom. The first-order valence-corrected chi connectivity index (χ1v) is 7.69. The molecule has 1 aromatic carbocycles. The normalized spacial score (nSPS) is 10.7. The molecule has 0 atom stereocenters. The van der Waals surface area contributed by atoms with Gasteiger partial charge in [-0.3, -0.25) is 4.68 Å². The Morgan fingerprint density at radius 3 is 2.68 bits per heavy atom. The molecule has 0 aliphatic heterocycles. The standard InChI is InChI=1S/C17H25N3O2/c1-4-9-20-13-15(12-19-20)11-18-8-7-14-5-6-16(21-2)17(10-14)22-3/h5-6,10,12-13,18H,4,7-9,11H2,1-3H3. The van der Waals surface area contributed by atoms with E-state index in [1.54, 1.807) is 14.2 Å². The molecule has 0 fully saturated rings. The smallest absolute Gasteiger partial charge is 0.160 e. The number of ether oxygens (including phenoxy) is 2. The second kappa shape index (κ2) is 8.44. The molecule has 0 unspecified atom stereocenters. The minimum Gasteiger partial charge on any atom is -0.493 e. The van der Waals surface area contributed by atoms with Gasteiger partial charge in [0, 0.05) is 24.8 Å². The molecule has 0 aliphatic carbocycles. The number of nitrogens with one attached hydrogen (secondary N) is 1. The molecule has 0 amide bonds. The molecule has 0 spiro atoms. The molecule has 0 bridgehead atoms. The van der Waals surface area contributed by atoms with Crippen LogP contribution in [0.5, 0.6) is 11.5 Å². The molecular formula is C17H25N3O2. The van der Waals surface area contributed by atoms with Crippen LogP contribution in [0.1, 0.15) is 24.5 Å². The van der Waals surface area contributed by atoms with Gasteiger partial charge in [0.25, 0.3) is 0 Å². The number of aryl methyl sites for hydroxylation is 1. The number of methoxy groups -OCH3 is 2. The van der Waals surface area contributed by atoms with Crippen molar-refractivity contribution < 1.29 is 9.47 Å². The van der Waals surface area contributed by atoms with Gasteiger partial charge in [-0.2, -0.15) is 5.10 Å². The Bertz CT molecular complexity index is 581. The number of nitrogens with zero attached hydrogens (tertiary/aromatic N) is 2. The van der Waals surface area contributed by atoms with Crippen LogP contribution < -0.4 is 14.8 Å². The van der Waals surface area contributed by atoms with Crippen LogP contribution in [-0.4, -0.2) is 30.5 Å². The molecule has 2 aromatic rings. The van der Waals surface area contributed by atoms with E-state index in [-0.39, 0.29) is 0 Å². The quantitative estimate of drug-likeness (QED) is 0.724. The second-order valence-corrected chi connectivity index (χ2v) is 5.23. The lowest BCUT2D eigenvalue weighted by atomic mass is 10.1. The molecule has 1 aromatic heterocycles. The highest BCUT2D eigenvalue weighted by atomic mass is 16.5. The van der Waals surface area contributed by atoms with Crippen molar-refractivity contribution in [3.05, 3.63) is 41.7 Å². The Kier molecular flexibility index (Phi) is 6.27. The molecule has 1 N–H and O–H groups in total. The third-order valence-electron chi connectivity index (χ3n) is 3.51. The maximum atomic E-state index is 5.32. The first-order valence-electron chi connectivity index (χ1n) is 7.69. The minimum atomic E-state index is 0.766. The molecule has 0 radical (unpaired) electrons. The zero-order chi connectivity index (χ0) is 15.8. The van der Waals surface area contributed by atoms with E-state index < -0.39 is 0 Å². The number of hydrogen-bond donors (Lipinski definition) is 1. The third-order valence-corrected chi connectivity index (χ3v) is 3.51. The van der Waals surface area contributed by atoms with Crippen LogP contribution in [0.4, 0.5) is 0 Å². The lowest BCUT2D eigenvalue weighted by Gasteiger charge is -2.09. The fourth-order valence-corrected chi connectivity index (χ4v) is 2.35. The summed E-state index contributed by atoms with van der Waals surface area (Å²) in [4.78, 5) is 0. The average Bonchev–Trinajstić information content (AvgIpc) is 2.99. The van der Waals surface area contributed by atoms with Crippen LogP contribution >= 0.6 is 0 Å². The summed E-state index contributed by atoms with van der Waals surface area (Å²) in [5.41, 5.74) is 2.45. The van der Waals surface area contributed by atoms with Gasteiger partial charge in [0.05, 0.1) is 20.4 Å². The monoisotopic (exact) mass is 303 g/mol. The maximum Gasteiger partial charge on any atom is 0.160 e. The van der Waals surface area contributed by atoms with Crippen molar-refractivity contribution in [3.63, 3.8) is 0 Å². The van der Waals surface area contributed by atoms with Gasteiger partial charge in [0.1, 0.15) is 0 Å². The zero-order valence-electron chi connectivity index (χ0n) is 13.6. The lowest BCUT2D eigenvalue weighted by Crippen LogP contribution is -2.16. The highest BCUT2D eigenvalue weighted by molar-refractivity contribution is 5.42. The Labute approximate surface area is 132 Å². The van der Waals surface area contributed by atoms with E-state index >= 15 is 0 Å². The summed E-state index contributed by atoms with van der Waals surface area (Å²) in [6.45, 7) is 4.89. The summed E-state index contributed by atoms with van der Waals surface area (Å²) in [6.07, 6.45) is 6.09. The van der Waals surface area contributed by atoms with Gasteiger partial charge in [-0.05, 0) is 37.1 Å². The van der Waals surface area contributed by atoms with Crippen LogP contribution in [0.15, 0.2) is 30.6 Å². The van der Waals surface area contributed by atoms with E-state index in [0.29, 0.717) is 0 Å². The molecule has 22 heavy (non-hydrogen) atoms. The topological polar surface area (TPSA) is 48.3 Å². The minimum absolute atomic E-state index is 0.766. The predicted octanol–water partition coefficient (Wildman–Crippen LogP) is 2.64. The van der Waals surface area contributed by atoms with Gasteiger partial charge in [-0.1, -0.05) is 13.0 Å². The maximum absolute atomic E-state index is 5.32.